The Morgan fingerprint density at radius 2 is 1.75 bits per heavy atom. The fourth-order valence-corrected chi connectivity index (χ4v) is 1.86. The molecular formula is C15H20F3N3O3. The lowest BCUT2D eigenvalue weighted by atomic mass is 10.1. The van der Waals surface area contributed by atoms with Crippen molar-refractivity contribution in [3.05, 3.63) is 30.3 Å². The van der Waals surface area contributed by atoms with E-state index in [4.69, 9.17) is 0 Å². The molecule has 0 aliphatic carbocycles. The van der Waals surface area contributed by atoms with Gasteiger partial charge in [-0.3, -0.25) is 4.79 Å². The molecule has 3 N–H and O–H groups in total. The summed E-state index contributed by atoms with van der Waals surface area (Å²) < 4.78 is 45.0. The first-order chi connectivity index (χ1) is 11.1. The van der Waals surface area contributed by atoms with Gasteiger partial charge in [0.05, 0.1) is 7.11 Å². The van der Waals surface area contributed by atoms with Gasteiger partial charge in [-0.1, -0.05) is 32.0 Å². The highest BCUT2D eigenvalue weighted by atomic mass is 19.4. The fourth-order valence-electron chi connectivity index (χ4n) is 1.86. The minimum absolute atomic E-state index is 0.179. The van der Waals surface area contributed by atoms with Crippen molar-refractivity contribution in [1.29, 1.82) is 0 Å². The first-order valence-corrected chi connectivity index (χ1v) is 7.16. The number of hydrogen-bond donors (Lipinski definition) is 3. The molecular weight excluding hydrogens is 327 g/mol. The number of ether oxygens (including phenoxy) is 1. The number of nitrogens with one attached hydrogen (secondary N) is 3. The molecule has 0 aliphatic heterocycles. The normalized spacial score (nSPS) is 14.0. The second-order valence-corrected chi connectivity index (χ2v) is 5.50. The molecule has 0 spiro atoms. The molecule has 9 heteroatoms. The summed E-state index contributed by atoms with van der Waals surface area (Å²) in [6.07, 6.45) is -5.32. The number of benzene rings is 1. The first kappa shape index (κ1) is 19.8. The standard InChI is InChI=1S/C15H20F3N3O3/c1-10(2)9-12(22)19-14(13(23)24-3,15(16,17)18)21-20-11-7-5-4-6-8-11/h4-8,10,20-21H,9H2,1-3H3,(H,19,22)/t14-/m1/s1. The minimum Gasteiger partial charge on any atom is -0.466 e. The quantitative estimate of drug-likeness (QED) is 0.400. The lowest BCUT2D eigenvalue weighted by molar-refractivity contribution is -0.219. The maximum absolute atomic E-state index is 13.6. The Balaban J connectivity index is 3.11. The zero-order chi connectivity index (χ0) is 18.4. The number of amides is 1. The van der Waals surface area contributed by atoms with Gasteiger partial charge in [-0.05, 0) is 18.1 Å². The fraction of sp³-hybridized carbons (Fsp3) is 0.467. The molecule has 0 bridgehead atoms. The van der Waals surface area contributed by atoms with Crippen LogP contribution in [0.5, 0.6) is 0 Å². The van der Waals surface area contributed by atoms with Crippen LogP contribution in [0.4, 0.5) is 18.9 Å². The van der Waals surface area contributed by atoms with Crippen LogP contribution in [0, 0.1) is 5.92 Å². The number of hydrogen-bond acceptors (Lipinski definition) is 5. The number of carbonyl (C=O) groups is 2. The van der Waals surface area contributed by atoms with Gasteiger partial charge in [-0.2, -0.15) is 18.6 Å². The average molecular weight is 347 g/mol. The summed E-state index contributed by atoms with van der Waals surface area (Å²) in [4.78, 5) is 23.7. The minimum atomic E-state index is -5.14. The largest absolute Gasteiger partial charge is 0.466 e. The first-order valence-electron chi connectivity index (χ1n) is 7.16. The number of methoxy groups -OCH3 is 1. The Hall–Kier alpha value is -2.29. The highest BCUT2D eigenvalue weighted by Crippen LogP contribution is 2.30. The highest BCUT2D eigenvalue weighted by Gasteiger charge is 2.63. The van der Waals surface area contributed by atoms with Crippen LogP contribution in [0.15, 0.2) is 30.3 Å². The van der Waals surface area contributed by atoms with Crippen LogP contribution in [0.25, 0.3) is 0 Å². The van der Waals surface area contributed by atoms with Crippen molar-refractivity contribution in [2.75, 3.05) is 12.5 Å². The van der Waals surface area contributed by atoms with Crippen LogP contribution < -0.4 is 16.2 Å². The third-order valence-electron chi connectivity index (χ3n) is 3.01. The maximum atomic E-state index is 13.6. The van der Waals surface area contributed by atoms with Crippen molar-refractivity contribution in [2.45, 2.75) is 32.1 Å². The van der Waals surface area contributed by atoms with Crippen LogP contribution in [-0.4, -0.2) is 30.8 Å². The zero-order valence-corrected chi connectivity index (χ0v) is 13.5. The van der Waals surface area contributed by atoms with Gasteiger partial charge < -0.3 is 15.5 Å². The van der Waals surface area contributed by atoms with E-state index in [1.165, 1.54) is 12.1 Å². The predicted molar refractivity (Wildman–Crippen MR) is 81.6 cm³/mol. The average Bonchev–Trinajstić information content (AvgIpc) is 2.49. The SMILES string of the molecule is COC(=O)[C@](NNc1ccccc1)(NC(=O)CC(C)C)C(F)(F)F. The maximum Gasteiger partial charge on any atom is 0.438 e. The Morgan fingerprint density at radius 3 is 2.21 bits per heavy atom. The van der Waals surface area contributed by atoms with Crippen molar-refractivity contribution in [3.63, 3.8) is 0 Å². The van der Waals surface area contributed by atoms with Gasteiger partial charge in [0.1, 0.15) is 0 Å². The van der Waals surface area contributed by atoms with Crippen LogP contribution in [0.2, 0.25) is 0 Å². The van der Waals surface area contributed by atoms with E-state index >= 15 is 0 Å². The second-order valence-electron chi connectivity index (χ2n) is 5.50. The van der Waals surface area contributed by atoms with Crippen molar-refractivity contribution >= 4 is 17.6 Å². The zero-order valence-electron chi connectivity index (χ0n) is 13.5. The molecule has 134 valence electrons. The molecule has 1 atom stereocenters. The summed E-state index contributed by atoms with van der Waals surface area (Å²) in [6.45, 7) is 3.34. The van der Waals surface area contributed by atoms with Crippen molar-refractivity contribution in [3.8, 4) is 0 Å². The number of anilines is 1. The summed E-state index contributed by atoms with van der Waals surface area (Å²) >= 11 is 0. The molecule has 0 fully saturated rings. The van der Waals surface area contributed by atoms with Gasteiger partial charge in [0.15, 0.2) is 0 Å². The molecule has 0 aromatic heterocycles. The molecule has 0 saturated carbocycles. The summed E-state index contributed by atoms with van der Waals surface area (Å²) in [5.41, 5.74) is 1.00. The topological polar surface area (TPSA) is 79.5 Å². The predicted octanol–water partition coefficient (Wildman–Crippen LogP) is 2.20. The third-order valence-corrected chi connectivity index (χ3v) is 3.01. The second kappa shape index (κ2) is 8.00. The summed E-state index contributed by atoms with van der Waals surface area (Å²) in [5.74, 6) is -2.80. The molecule has 0 unspecified atom stereocenters. The van der Waals surface area contributed by atoms with E-state index in [1.807, 2.05) is 5.43 Å². The number of para-hydroxylation sites is 1. The molecule has 0 radical (unpaired) electrons. The van der Waals surface area contributed by atoms with E-state index in [2.05, 4.69) is 10.2 Å². The van der Waals surface area contributed by atoms with Gasteiger partial charge >= 0.3 is 17.8 Å². The Morgan fingerprint density at radius 1 is 1.17 bits per heavy atom. The molecule has 0 aliphatic rings. The highest BCUT2D eigenvalue weighted by molar-refractivity contribution is 5.88. The molecule has 1 aromatic rings. The number of hydrazine groups is 1. The molecule has 0 heterocycles. The van der Waals surface area contributed by atoms with Gasteiger partial charge in [-0.25, -0.2) is 4.79 Å². The summed E-state index contributed by atoms with van der Waals surface area (Å²) in [7, 11) is 0.807. The van der Waals surface area contributed by atoms with Crippen molar-refractivity contribution in [1.82, 2.24) is 10.7 Å². The smallest absolute Gasteiger partial charge is 0.438 e. The number of esters is 1. The van der Waals surface area contributed by atoms with Gasteiger partial charge in [-0.15, -0.1) is 0 Å². The molecule has 6 nitrogen and oxygen atoms in total. The Labute approximate surface area is 137 Å². The third kappa shape index (κ3) is 4.85. The summed E-state index contributed by atoms with van der Waals surface area (Å²) in [5, 5.41) is 1.71. The van der Waals surface area contributed by atoms with E-state index in [-0.39, 0.29) is 18.0 Å². The van der Waals surface area contributed by atoms with Crippen LogP contribution in [0.3, 0.4) is 0 Å². The van der Waals surface area contributed by atoms with E-state index in [0.29, 0.717) is 0 Å². The van der Waals surface area contributed by atoms with Gasteiger partial charge in [0.2, 0.25) is 5.91 Å². The van der Waals surface area contributed by atoms with Crippen molar-refractivity contribution in [2.24, 2.45) is 5.92 Å². The molecule has 1 aromatic carbocycles. The van der Waals surface area contributed by atoms with E-state index in [9.17, 15) is 22.8 Å². The molecule has 1 amide bonds. The lowest BCUT2D eigenvalue weighted by Crippen LogP contribution is -2.73. The number of carbonyl (C=O) groups excluding carboxylic acids is 2. The number of rotatable bonds is 7. The molecule has 1 rings (SSSR count). The lowest BCUT2D eigenvalue weighted by Gasteiger charge is -2.34. The van der Waals surface area contributed by atoms with E-state index in [0.717, 1.165) is 7.11 Å². The van der Waals surface area contributed by atoms with E-state index < -0.39 is 23.7 Å². The van der Waals surface area contributed by atoms with Crippen LogP contribution in [-0.2, 0) is 14.3 Å². The van der Waals surface area contributed by atoms with Gasteiger partial charge in [0.25, 0.3) is 0 Å². The van der Waals surface area contributed by atoms with Crippen LogP contribution >= 0.6 is 0 Å². The van der Waals surface area contributed by atoms with Crippen molar-refractivity contribution < 1.29 is 27.5 Å². The summed E-state index contributed by atoms with van der Waals surface area (Å²) in [6, 6.07) is 7.83. The number of halogens is 3. The Kier molecular flexibility index (Phi) is 6.59. The molecule has 0 saturated heterocycles. The Bertz CT molecular complexity index is 564. The van der Waals surface area contributed by atoms with Gasteiger partial charge in [0, 0.05) is 12.1 Å². The van der Waals surface area contributed by atoms with Crippen LogP contribution in [0.1, 0.15) is 20.3 Å². The molecule has 24 heavy (non-hydrogen) atoms. The number of alkyl halides is 3. The van der Waals surface area contributed by atoms with E-state index in [1.54, 1.807) is 37.4 Å². The monoisotopic (exact) mass is 347 g/mol.